The maximum atomic E-state index is 11.2. The summed E-state index contributed by atoms with van der Waals surface area (Å²) in [5, 5.41) is 8.58. The third-order valence-corrected chi connectivity index (χ3v) is 3.55. The van der Waals surface area contributed by atoms with E-state index in [0.717, 1.165) is 17.9 Å². The number of methoxy groups -OCH3 is 1. The van der Waals surface area contributed by atoms with Crippen molar-refractivity contribution in [2.75, 3.05) is 31.8 Å². The summed E-state index contributed by atoms with van der Waals surface area (Å²) in [5.74, 6) is 2.49. The number of hydrogen-bond acceptors (Lipinski definition) is 4. The normalized spacial score (nSPS) is 12.1. The van der Waals surface area contributed by atoms with E-state index in [4.69, 9.17) is 14.6 Å². The van der Waals surface area contributed by atoms with Crippen molar-refractivity contribution in [2.45, 2.75) is 6.42 Å². The smallest absolute Gasteiger partial charge is 0.119 e. The number of aliphatic hydroxyl groups excluding tert-OH is 1. The van der Waals surface area contributed by atoms with Gasteiger partial charge in [0.1, 0.15) is 11.5 Å². The van der Waals surface area contributed by atoms with Crippen molar-refractivity contribution < 1.29 is 18.8 Å². The van der Waals surface area contributed by atoms with Gasteiger partial charge in [0.25, 0.3) is 0 Å². The fraction of sp³-hybridized carbons (Fsp3) is 0.500. The number of aliphatic hydroxyl groups is 1. The molecule has 17 heavy (non-hydrogen) atoms. The van der Waals surface area contributed by atoms with Gasteiger partial charge in [-0.25, -0.2) is 0 Å². The summed E-state index contributed by atoms with van der Waals surface area (Å²) in [6, 6.07) is 7.34. The minimum atomic E-state index is -0.933. The summed E-state index contributed by atoms with van der Waals surface area (Å²) >= 11 is 0. The summed E-state index contributed by atoms with van der Waals surface area (Å²) in [5.41, 5.74) is 0. The van der Waals surface area contributed by atoms with Gasteiger partial charge in [-0.3, -0.25) is 4.21 Å². The van der Waals surface area contributed by atoms with E-state index in [1.807, 2.05) is 24.3 Å². The third kappa shape index (κ3) is 5.70. The molecule has 1 rings (SSSR count). The van der Waals surface area contributed by atoms with E-state index in [2.05, 4.69) is 0 Å². The highest BCUT2D eigenvalue weighted by atomic mass is 32.2. The highest BCUT2D eigenvalue weighted by Gasteiger charge is 1.99. The first kappa shape index (κ1) is 14.0. The van der Waals surface area contributed by atoms with Crippen LogP contribution in [0.5, 0.6) is 11.5 Å². The predicted molar refractivity (Wildman–Crippen MR) is 68.1 cm³/mol. The minimum Gasteiger partial charge on any atom is -0.497 e. The van der Waals surface area contributed by atoms with Crippen LogP contribution >= 0.6 is 0 Å². The van der Waals surface area contributed by atoms with Crippen LogP contribution in [0.15, 0.2) is 24.3 Å². The third-order valence-electron chi connectivity index (χ3n) is 2.16. The van der Waals surface area contributed by atoms with Crippen molar-refractivity contribution in [1.29, 1.82) is 0 Å². The number of ether oxygens (including phenoxy) is 2. The molecule has 96 valence electrons. The van der Waals surface area contributed by atoms with Crippen molar-refractivity contribution in [3.8, 4) is 11.5 Å². The molecule has 1 N–H and O–H groups in total. The molecule has 0 aliphatic heterocycles. The zero-order chi connectivity index (χ0) is 12.5. The molecule has 0 spiro atoms. The Bertz CT molecular complexity index is 337. The Balaban J connectivity index is 2.19. The van der Waals surface area contributed by atoms with Crippen molar-refractivity contribution >= 4 is 10.8 Å². The minimum absolute atomic E-state index is 0.0219. The van der Waals surface area contributed by atoms with Gasteiger partial charge in [0.2, 0.25) is 0 Å². The van der Waals surface area contributed by atoms with Crippen LogP contribution in [0.2, 0.25) is 0 Å². The standard InChI is InChI=1S/C12H18O4S/c1-15-11-3-5-12(6-4-11)16-8-2-9-17(14)10-7-13/h3-6,13H,2,7-10H2,1H3. The lowest BCUT2D eigenvalue weighted by molar-refractivity contribution is 0.315. The molecule has 0 saturated heterocycles. The van der Waals surface area contributed by atoms with Gasteiger partial charge in [-0.15, -0.1) is 0 Å². The average Bonchev–Trinajstić information content (AvgIpc) is 2.36. The molecule has 1 aromatic rings. The second-order valence-corrected chi connectivity index (χ2v) is 5.15. The Morgan fingerprint density at radius 3 is 2.41 bits per heavy atom. The molecule has 0 aliphatic rings. The van der Waals surface area contributed by atoms with Crippen molar-refractivity contribution in [3.63, 3.8) is 0 Å². The van der Waals surface area contributed by atoms with Crippen LogP contribution in [0.4, 0.5) is 0 Å². The number of benzene rings is 1. The molecule has 1 unspecified atom stereocenters. The van der Waals surface area contributed by atoms with Gasteiger partial charge in [-0.1, -0.05) is 0 Å². The quantitative estimate of drug-likeness (QED) is 0.712. The molecular formula is C12H18O4S. The highest BCUT2D eigenvalue weighted by molar-refractivity contribution is 7.84. The fourth-order valence-corrected chi connectivity index (χ4v) is 2.13. The van der Waals surface area contributed by atoms with Crippen LogP contribution in [-0.2, 0) is 10.8 Å². The molecule has 0 heterocycles. The molecule has 0 aromatic heterocycles. The molecule has 4 nitrogen and oxygen atoms in total. The molecule has 5 heteroatoms. The Morgan fingerprint density at radius 2 is 1.82 bits per heavy atom. The summed E-state index contributed by atoms with van der Waals surface area (Å²) in [7, 11) is 0.684. The maximum absolute atomic E-state index is 11.2. The zero-order valence-corrected chi connectivity index (χ0v) is 10.7. The van der Waals surface area contributed by atoms with Crippen LogP contribution in [-0.4, -0.2) is 41.1 Å². The summed E-state index contributed by atoms with van der Waals surface area (Å²) < 4.78 is 21.7. The number of rotatable bonds is 8. The largest absolute Gasteiger partial charge is 0.497 e. The van der Waals surface area contributed by atoms with Crippen LogP contribution in [0.25, 0.3) is 0 Å². The first-order chi connectivity index (χ1) is 8.26. The molecule has 0 aliphatic carbocycles. The first-order valence-electron chi connectivity index (χ1n) is 5.49. The molecule has 0 bridgehead atoms. The van der Waals surface area contributed by atoms with Crippen molar-refractivity contribution in [1.82, 2.24) is 0 Å². The first-order valence-corrected chi connectivity index (χ1v) is 6.97. The fourth-order valence-electron chi connectivity index (χ4n) is 1.29. The Labute approximate surface area is 104 Å². The predicted octanol–water partition coefficient (Wildman–Crippen LogP) is 1.21. The average molecular weight is 258 g/mol. The summed E-state index contributed by atoms with van der Waals surface area (Å²) in [4.78, 5) is 0. The van der Waals surface area contributed by atoms with Gasteiger partial charge in [0.15, 0.2) is 0 Å². The lowest BCUT2D eigenvalue weighted by Crippen LogP contribution is -2.09. The van der Waals surface area contributed by atoms with E-state index in [1.165, 1.54) is 0 Å². The molecule has 0 amide bonds. The van der Waals surface area contributed by atoms with Gasteiger partial charge in [-0.05, 0) is 30.7 Å². The maximum Gasteiger partial charge on any atom is 0.119 e. The molecule has 0 radical (unpaired) electrons. The number of hydrogen-bond donors (Lipinski definition) is 1. The van der Waals surface area contributed by atoms with Crippen LogP contribution in [0.1, 0.15) is 6.42 Å². The second-order valence-electron chi connectivity index (χ2n) is 3.45. The van der Waals surface area contributed by atoms with Crippen molar-refractivity contribution in [3.05, 3.63) is 24.3 Å². The Morgan fingerprint density at radius 1 is 1.18 bits per heavy atom. The monoisotopic (exact) mass is 258 g/mol. The molecule has 0 fully saturated rings. The second kappa shape index (κ2) is 8.08. The van der Waals surface area contributed by atoms with Crippen molar-refractivity contribution in [2.24, 2.45) is 0 Å². The Hall–Kier alpha value is -1.07. The molecule has 1 atom stereocenters. The van der Waals surface area contributed by atoms with Crippen LogP contribution in [0, 0.1) is 0 Å². The highest BCUT2D eigenvalue weighted by Crippen LogP contribution is 2.16. The van der Waals surface area contributed by atoms with Gasteiger partial charge < -0.3 is 14.6 Å². The zero-order valence-electron chi connectivity index (χ0n) is 9.93. The van der Waals surface area contributed by atoms with Crippen LogP contribution < -0.4 is 9.47 Å². The Kier molecular flexibility index (Phi) is 6.65. The van der Waals surface area contributed by atoms with Gasteiger partial charge >= 0.3 is 0 Å². The van der Waals surface area contributed by atoms with Gasteiger partial charge in [0, 0.05) is 22.3 Å². The summed E-state index contributed by atoms with van der Waals surface area (Å²) in [6.07, 6.45) is 0.721. The lowest BCUT2D eigenvalue weighted by Gasteiger charge is -2.06. The van der Waals surface area contributed by atoms with Gasteiger partial charge in [0.05, 0.1) is 20.3 Å². The lowest BCUT2D eigenvalue weighted by atomic mass is 10.3. The van der Waals surface area contributed by atoms with E-state index in [1.54, 1.807) is 7.11 Å². The van der Waals surface area contributed by atoms with E-state index in [9.17, 15) is 4.21 Å². The van der Waals surface area contributed by atoms with E-state index in [0.29, 0.717) is 18.1 Å². The molecular weight excluding hydrogens is 240 g/mol. The van der Waals surface area contributed by atoms with Gasteiger partial charge in [-0.2, -0.15) is 0 Å². The van der Waals surface area contributed by atoms with Crippen LogP contribution in [0.3, 0.4) is 0 Å². The topological polar surface area (TPSA) is 55.8 Å². The van der Waals surface area contributed by atoms with E-state index < -0.39 is 10.8 Å². The SMILES string of the molecule is COc1ccc(OCCCS(=O)CCO)cc1. The van der Waals surface area contributed by atoms with E-state index in [-0.39, 0.29) is 6.61 Å². The van der Waals surface area contributed by atoms with E-state index >= 15 is 0 Å². The molecule has 0 saturated carbocycles. The molecule has 1 aromatic carbocycles. The summed E-state index contributed by atoms with van der Waals surface area (Å²) in [6.45, 7) is 0.509.